The summed E-state index contributed by atoms with van der Waals surface area (Å²) in [4.78, 5) is 2.67. The van der Waals surface area contributed by atoms with Crippen LogP contribution in [-0.2, 0) is 4.74 Å². The Balaban J connectivity index is 1.74. The molecule has 2 unspecified atom stereocenters. The van der Waals surface area contributed by atoms with Crippen molar-refractivity contribution in [2.24, 2.45) is 5.92 Å². The number of likely N-dealkylation sites (tertiary alicyclic amines) is 1. The summed E-state index contributed by atoms with van der Waals surface area (Å²) in [5.74, 6) is 0.798. The molecule has 0 aromatic rings. The molecule has 0 aliphatic carbocycles. The molecule has 0 radical (unpaired) electrons. The second kappa shape index (κ2) is 5.83. The number of hydrogen-bond donors (Lipinski definition) is 1. The van der Waals surface area contributed by atoms with Gasteiger partial charge in [0, 0.05) is 25.7 Å². The topological polar surface area (TPSA) is 24.5 Å². The average Bonchev–Trinajstić information content (AvgIpc) is 2.87. The van der Waals surface area contributed by atoms with Crippen molar-refractivity contribution in [2.75, 3.05) is 39.4 Å². The van der Waals surface area contributed by atoms with Crippen molar-refractivity contribution in [1.29, 1.82) is 0 Å². The lowest BCUT2D eigenvalue weighted by molar-refractivity contribution is 0.161. The summed E-state index contributed by atoms with van der Waals surface area (Å²) in [5.41, 5.74) is 0. The predicted octanol–water partition coefficient (Wildman–Crippen LogP) is 1.10. The van der Waals surface area contributed by atoms with Crippen LogP contribution in [-0.4, -0.2) is 50.3 Å². The van der Waals surface area contributed by atoms with Crippen LogP contribution in [0.2, 0.25) is 0 Å². The van der Waals surface area contributed by atoms with E-state index < -0.39 is 0 Å². The minimum Gasteiger partial charge on any atom is -0.381 e. The van der Waals surface area contributed by atoms with Gasteiger partial charge in [-0.25, -0.2) is 0 Å². The molecule has 3 nitrogen and oxygen atoms in total. The van der Waals surface area contributed by atoms with Crippen LogP contribution in [0.3, 0.4) is 0 Å². The van der Waals surface area contributed by atoms with Crippen LogP contribution in [0, 0.1) is 5.92 Å². The monoisotopic (exact) mass is 212 g/mol. The highest BCUT2D eigenvalue weighted by atomic mass is 16.5. The van der Waals surface area contributed by atoms with Gasteiger partial charge in [-0.3, -0.25) is 4.90 Å². The first-order valence-corrected chi connectivity index (χ1v) is 6.42. The van der Waals surface area contributed by atoms with E-state index in [2.05, 4.69) is 17.1 Å². The largest absolute Gasteiger partial charge is 0.381 e. The molecule has 3 heteroatoms. The lowest BCUT2D eigenvalue weighted by Gasteiger charge is -2.26. The van der Waals surface area contributed by atoms with E-state index in [4.69, 9.17) is 4.74 Å². The smallest absolute Gasteiger partial charge is 0.0507 e. The molecule has 2 fully saturated rings. The van der Waals surface area contributed by atoms with Crippen molar-refractivity contribution in [2.45, 2.75) is 32.2 Å². The van der Waals surface area contributed by atoms with Crippen LogP contribution in [0.5, 0.6) is 0 Å². The number of nitrogens with one attached hydrogen (secondary N) is 1. The van der Waals surface area contributed by atoms with Crippen molar-refractivity contribution >= 4 is 0 Å². The fourth-order valence-electron chi connectivity index (χ4n) is 2.74. The molecule has 2 rings (SSSR count). The van der Waals surface area contributed by atoms with E-state index in [0.29, 0.717) is 0 Å². The molecule has 2 heterocycles. The molecule has 2 aliphatic rings. The third kappa shape index (κ3) is 3.16. The van der Waals surface area contributed by atoms with Gasteiger partial charge in [0.1, 0.15) is 0 Å². The minimum atomic E-state index is 0.783. The van der Waals surface area contributed by atoms with Crippen molar-refractivity contribution in [1.82, 2.24) is 10.2 Å². The Morgan fingerprint density at radius 3 is 3.07 bits per heavy atom. The highest BCUT2D eigenvalue weighted by Crippen LogP contribution is 2.21. The zero-order valence-electron chi connectivity index (χ0n) is 9.87. The van der Waals surface area contributed by atoms with E-state index in [9.17, 15) is 0 Å². The fraction of sp³-hybridized carbons (Fsp3) is 1.00. The van der Waals surface area contributed by atoms with Crippen LogP contribution >= 0.6 is 0 Å². The molecule has 0 bridgehead atoms. The van der Waals surface area contributed by atoms with E-state index in [-0.39, 0.29) is 0 Å². The number of nitrogens with zero attached hydrogens (tertiary/aromatic N) is 1. The Hall–Kier alpha value is -0.120. The van der Waals surface area contributed by atoms with E-state index in [0.717, 1.165) is 31.7 Å². The number of hydrogen-bond acceptors (Lipinski definition) is 3. The van der Waals surface area contributed by atoms with Crippen molar-refractivity contribution in [3.63, 3.8) is 0 Å². The van der Waals surface area contributed by atoms with Crippen LogP contribution in [0.4, 0.5) is 0 Å². The molecule has 0 spiro atoms. The molecule has 0 aromatic heterocycles. The SMILES string of the molecule is CCNCC1CCCN1CC1CCOC1. The summed E-state index contributed by atoms with van der Waals surface area (Å²) in [6, 6.07) is 0.783. The quantitative estimate of drug-likeness (QED) is 0.738. The lowest BCUT2D eigenvalue weighted by atomic mass is 10.1. The minimum absolute atomic E-state index is 0.783. The molecule has 2 atom stereocenters. The molecule has 15 heavy (non-hydrogen) atoms. The molecule has 88 valence electrons. The van der Waals surface area contributed by atoms with Crippen LogP contribution < -0.4 is 5.32 Å². The van der Waals surface area contributed by atoms with Crippen molar-refractivity contribution < 1.29 is 4.74 Å². The molecule has 2 saturated heterocycles. The summed E-state index contributed by atoms with van der Waals surface area (Å²) >= 11 is 0. The zero-order valence-corrected chi connectivity index (χ0v) is 9.87. The fourth-order valence-corrected chi connectivity index (χ4v) is 2.74. The van der Waals surface area contributed by atoms with Crippen LogP contribution in [0.25, 0.3) is 0 Å². The number of likely N-dealkylation sites (N-methyl/N-ethyl adjacent to an activating group) is 1. The maximum Gasteiger partial charge on any atom is 0.0507 e. The van der Waals surface area contributed by atoms with Gasteiger partial charge in [0.05, 0.1) is 6.61 Å². The van der Waals surface area contributed by atoms with Gasteiger partial charge in [-0.2, -0.15) is 0 Å². The Morgan fingerprint density at radius 2 is 2.33 bits per heavy atom. The molecular weight excluding hydrogens is 188 g/mol. The van der Waals surface area contributed by atoms with Gasteiger partial charge < -0.3 is 10.1 Å². The van der Waals surface area contributed by atoms with Gasteiger partial charge in [-0.05, 0) is 38.3 Å². The maximum atomic E-state index is 5.44. The van der Waals surface area contributed by atoms with E-state index in [1.54, 1.807) is 0 Å². The standard InChI is InChI=1S/C12H24N2O/c1-2-13-8-12-4-3-6-14(12)9-11-5-7-15-10-11/h11-13H,2-10H2,1H3. The highest BCUT2D eigenvalue weighted by molar-refractivity contribution is 4.83. The molecule has 0 aromatic carbocycles. The molecular formula is C12H24N2O. The second-order valence-corrected chi connectivity index (χ2v) is 4.83. The number of rotatable bonds is 5. The average molecular weight is 212 g/mol. The second-order valence-electron chi connectivity index (χ2n) is 4.83. The van der Waals surface area contributed by atoms with Gasteiger partial charge in [-0.15, -0.1) is 0 Å². The van der Waals surface area contributed by atoms with Gasteiger partial charge in [-0.1, -0.05) is 6.92 Å². The third-order valence-electron chi connectivity index (χ3n) is 3.65. The third-order valence-corrected chi connectivity index (χ3v) is 3.65. The summed E-state index contributed by atoms with van der Waals surface area (Å²) < 4.78 is 5.44. The highest BCUT2D eigenvalue weighted by Gasteiger charge is 2.27. The Morgan fingerprint density at radius 1 is 1.40 bits per heavy atom. The predicted molar refractivity (Wildman–Crippen MR) is 62.1 cm³/mol. The Kier molecular flexibility index (Phi) is 4.42. The van der Waals surface area contributed by atoms with Gasteiger partial charge in [0.25, 0.3) is 0 Å². The van der Waals surface area contributed by atoms with E-state index in [1.165, 1.54) is 38.9 Å². The summed E-state index contributed by atoms with van der Waals surface area (Å²) in [6.45, 7) is 8.98. The number of ether oxygens (including phenoxy) is 1. The summed E-state index contributed by atoms with van der Waals surface area (Å²) in [5, 5.41) is 3.47. The van der Waals surface area contributed by atoms with E-state index >= 15 is 0 Å². The molecule has 0 saturated carbocycles. The summed E-state index contributed by atoms with van der Waals surface area (Å²) in [6.07, 6.45) is 4.02. The normalized spacial score (nSPS) is 32.6. The Labute approximate surface area is 93.2 Å². The molecule has 2 aliphatic heterocycles. The van der Waals surface area contributed by atoms with Crippen LogP contribution in [0.15, 0.2) is 0 Å². The lowest BCUT2D eigenvalue weighted by Crippen LogP contribution is -2.40. The van der Waals surface area contributed by atoms with Crippen molar-refractivity contribution in [3.8, 4) is 0 Å². The zero-order chi connectivity index (χ0) is 10.5. The first kappa shape index (κ1) is 11.4. The van der Waals surface area contributed by atoms with Gasteiger partial charge >= 0.3 is 0 Å². The summed E-state index contributed by atoms with van der Waals surface area (Å²) in [7, 11) is 0. The Bertz CT molecular complexity index is 180. The van der Waals surface area contributed by atoms with Gasteiger partial charge in [0.2, 0.25) is 0 Å². The first-order valence-electron chi connectivity index (χ1n) is 6.42. The first-order chi connectivity index (χ1) is 7.40. The van der Waals surface area contributed by atoms with Gasteiger partial charge in [0.15, 0.2) is 0 Å². The van der Waals surface area contributed by atoms with Crippen LogP contribution in [0.1, 0.15) is 26.2 Å². The van der Waals surface area contributed by atoms with E-state index in [1.807, 2.05) is 0 Å². The molecule has 0 amide bonds. The van der Waals surface area contributed by atoms with Crippen molar-refractivity contribution in [3.05, 3.63) is 0 Å². The molecule has 1 N–H and O–H groups in total. The maximum absolute atomic E-state index is 5.44.